The maximum atomic E-state index is 13.0. The highest BCUT2D eigenvalue weighted by Crippen LogP contribution is 2.45. The lowest BCUT2D eigenvalue weighted by Crippen LogP contribution is -2.40. The monoisotopic (exact) mass is 385 g/mol. The molecule has 0 bridgehead atoms. The Kier molecular flexibility index (Phi) is 4.27. The zero-order valence-electron chi connectivity index (χ0n) is 16.3. The lowest BCUT2D eigenvalue weighted by Gasteiger charge is -2.33. The number of hydrogen-bond acceptors (Lipinski definition) is 3. The Labute approximate surface area is 170 Å². The molecule has 3 aromatic rings. The number of amides is 1. The van der Waals surface area contributed by atoms with Crippen LogP contribution in [0.25, 0.3) is 11.1 Å². The number of nitrogens with zero attached hydrogens (tertiary/aromatic N) is 1. The van der Waals surface area contributed by atoms with E-state index in [0.717, 1.165) is 12.0 Å². The van der Waals surface area contributed by atoms with E-state index in [4.69, 9.17) is 4.74 Å². The molecule has 146 valence electrons. The number of hydrogen-bond donors (Lipinski definition) is 1. The van der Waals surface area contributed by atoms with E-state index in [1.807, 2.05) is 36.4 Å². The molecule has 4 nitrogen and oxygen atoms in total. The molecule has 0 aromatic heterocycles. The van der Waals surface area contributed by atoms with Gasteiger partial charge in [0, 0.05) is 12.5 Å². The van der Waals surface area contributed by atoms with E-state index >= 15 is 0 Å². The second-order valence-corrected chi connectivity index (χ2v) is 8.01. The van der Waals surface area contributed by atoms with Crippen molar-refractivity contribution in [2.24, 2.45) is 5.92 Å². The van der Waals surface area contributed by atoms with Crippen molar-refractivity contribution in [2.45, 2.75) is 19.3 Å². The average Bonchev–Trinajstić information content (AvgIpc) is 3.05. The molecular weight excluding hydrogens is 362 g/mol. The third-order valence-corrected chi connectivity index (χ3v) is 5.99. The molecule has 0 spiro atoms. The van der Waals surface area contributed by atoms with Gasteiger partial charge in [0.2, 0.25) is 0 Å². The van der Waals surface area contributed by atoms with Crippen LogP contribution in [-0.4, -0.2) is 24.4 Å². The fourth-order valence-corrected chi connectivity index (χ4v) is 4.73. The van der Waals surface area contributed by atoms with Crippen LogP contribution in [0.3, 0.4) is 0 Å². The summed E-state index contributed by atoms with van der Waals surface area (Å²) in [5, 5.41) is 10.4. The number of phenols is 1. The van der Waals surface area contributed by atoms with E-state index in [1.165, 1.54) is 22.3 Å². The standard InChI is InChI=1S/C25H23NO3/c1-16-13-17-7-6-12-23(27)24(17)26(14-16)25(28)29-15-22-20-10-4-2-8-18(20)19-9-3-5-11-21(19)22/h2-12,16,22,27H,13-15H2,1H3. The predicted octanol–water partition coefficient (Wildman–Crippen LogP) is 5.34. The zero-order valence-corrected chi connectivity index (χ0v) is 16.3. The zero-order chi connectivity index (χ0) is 20.0. The maximum absolute atomic E-state index is 13.0. The van der Waals surface area contributed by atoms with Gasteiger partial charge in [-0.05, 0) is 46.2 Å². The van der Waals surface area contributed by atoms with Gasteiger partial charge in [-0.15, -0.1) is 0 Å². The number of anilines is 1. The van der Waals surface area contributed by atoms with Crippen molar-refractivity contribution in [3.05, 3.63) is 83.4 Å². The van der Waals surface area contributed by atoms with Crippen LogP contribution in [0.4, 0.5) is 10.5 Å². The molecular formula is C25H23NO3. The molecule has 0 saturated heterocycles. The van der Waals surface area contributed by atoms with Gasteiger partial charge in [0.05, 0.1) is 5.69 Å². The average molecular weight is 385 g/mol. The van der Waals surface area contributed by atoms with Crippen molar-refractivity contribution in [2.75, 3.05) is 18.1 Å². The Balaban J connectivity index is 1.41. The highest BCUT2D eigenvalue weighted by atomic mass is 16.6. The fourth-order valence-electron chi connectivity index (χ4n) is 4.73. The van der Waals surface area contributed by atoms with Gasteiger partial charge in [0.25, 0.3) is 0 Å². The number of aromatic hydroxyl groups is 1. The van der Waals surface area contributed by atoms with Crippen LogP contribution in [0.1, 0.15) is 29.5 Å². The minimum absolute atomic E-state index is 0.0254. The lowest BCUT2D eigenvalue weighted by molar-refractivity contribution is 0.148. The van der Waals surface area contributed by atoms with E-state index < -0.39 is 6.09 Å². The number of carbonyl (C=O) groups is 1. The van der Waals surface area contributed by atoms with Crippen LogP contribution < -0.4 is 4.90 Å². The van der Waals surface area contributed by atoms with E-state index in [9.17, 15) is 9.90 Å². The number of para-hydroxylation sites is 1. The van der Waals surface area contributed by atoms with Gasteiger partial charge in [0.1, 0.15) is 12.4 Å². The molecule has 1 N–H and O–H groups in total. The van der Waals surface area contributed by atoms with Crippen LogP contribution in [0.15, 0.2) is 66.7 Å². The summed E-state index contributed by atoms with van der Waals surface area (Å²) < 4.78 is 5.82. The lowest BCUT2D eigenvalue weighted by atomic mass is 9.94. The highest BCUT2D eigenvalue weighted by Gasteiger charge is 2.33. The molecule has 0 saturated carbocycles. The molecule has 5 rings (SSSR count). The predicted molar refractivity (Wildman–Crippen MR) is 113 cm³/mol. The largest absolute Gasteiger partial charge is 0.506 e. The van der Waals surface area contributed by atoms with Crippen molar-refractivity contribution in [1.82, 2.24) is 0 Å². The summed E-state index contributed by atoms with van der Waals surface area (Å²) in [4.78, 5) is 14.6. The topological polar surface area (TPSA) is 49.8 Å². The van der Waals surface area contributed by atoms with E-state index in [0.29, 0.717) is 18.2 Å². The van der Waals surface area contributed by atoms with Gasteiger partial charge in [-0.2, -0.15) is 0 Å². The van der Waals surface area contributed by atoms with Crippen molar-refractivity contribution in [1.29, 1.82) is 0 Å². The molecule has 2 aliphatic rings. The van der Waals surface area contributed by atoms with Gasteiger partial charge in [0.15, 0.2) is 0 Å². The summed E-state index contributed by atoms with van der Waals surface area (Å²) in [6.45, 7) is 2.93. The number of benzene rings is 3. The van der Waals surface area contributed by atoms with Crippen LogP contribution in [0.5, 0.6) is 5.75 Å². The first kappa shape index (κ1) is 17.8. The summed E-state index contributed by atoms with van der Waals surface area (Å²) in [5.74, 6) is 0.463. The fraction of sp³-hybridized carbons (Fsp3) is 0.240. The second kappa shape index (κ2) is 6.96. The number of carbonyl (C=O) groups excluding carboxylic acids is 1. The van der Waals surface area contributed by atoms with Crippen LogP contribution in [0.2, 0.25) is 0 Å². The Morgan fingerprint density at radius 2 is 1.66 bits per heavy atom. The minimum Gasteiger partial charge on any atom is -0.506 e. The van der Waals surface area contributed by atoms with E-state index in [2.05, 4.69) is 31.2 Å². The summed E-state index contributed by atoms with van der Waals surface area (Å²) in [6.07, 6.45) is 0.442. The van der Waals surface area contributed by atoms with Crippen LogP contribution in [0, 0.1) is 5.92 Å². The van der Waals surface area contributed by atoms with Gasteiger partial charge < -0.3 is 9.84 Å². The molecule has 3 aromatic carbocycles. The minimum atomic E-state index is -0.402. The molecule has 1 unspecified atom stereocenters. The van der Waals surface area contributed by atoms with E-state index in [-0.39, 0.29) is 18.3 Å². The first-order valence-corrected chi connectivity index (χ1v) is 10.1. The van der Waals surface area contributed by atoms with Crippen molar-refractivity contribution in [3.8, 4) is 16.9 Å². The molecule has 0 fully saturated rings. The quantitative estimate of drug-likeness (QED) is 0.648. The molecule has 4 heteroatoms. The Hall–Kier alpha value is -3.27. The molecule has 1 atom stereocenters. The first-order chi connectivity index (χ1) is 14.1. The van der Waals surface area contributed by atoms with Crippen molar-refractivity contribution in [3.63, 3.8) is 0 Å². The van der Waals surface area contributed by atoms with Crippen molar-refractivity contribution >= 4 is 11.8 Å². The highest BCUT2D eigenvalue weighted by molar-refractivity contribution is 5.91. The summed E-state index contributed by atoms with van der Waals surface area (Å²) in [7, 11) is 0. The molecule has 1 heterocycles. The Morgan fingerprint density at radius 3 is 2.34 bits per heavy atom. The normalized spacial score (nSPS) is 17.4. The number of rotatable bonds is 2. The number of ether oxygens (including phenoxy) is 1. The summed E-state index contributed by atoms with van der Waals surface area (Å²) in [6, 6.07) is 22.0. The molecule has 1 aliphatic heterocycles. The van der Waals surface area contributed by atoms with Gasteiger partial charge in [-0.1, -0.05) is 67.6 Å². The smallest absolute Gasteiger partial charge is 0.414 e. The summed E-state index contributed by atoms with van der Waals surface area (Å²) in [5.41, 5.74) is 6.37. The second-order valence-electron chi connectivity index (χ2n) is 8.01. The van der Waals surface area contributed by atoms with Gasteiger partial charge in [-0.25, -0.2) is 4.79 Å². The van der Waals surface area contributed by atoms with Gasteiger partial charge in [-0.3, -0.25) is 4.90 Å². The maximum Gasteiger partial charge on any atom is 0.414 e. The first-order valence-electron chi connectivity index (χ1n) is 10.1. The van der Waals surface area contributed by atoms with Crippen LogP contribution in [-0.2, 0) is 11.2 Å². The van der Waals surface area contributed by atoms with Crippen LogP contribution >= 0.6 is 0 Å². The third kappa shape index (κ3) is 2.96. The molecule has 1 amide bonds. The summed E-state index contributed by atoms with van der Waals surface area (Å²) >= 11 is 0. The Bertz CT molecular complexity index is 1050. The SMILES string of the molecule is CC1Cc2cccc(O)c2N(C(=O)OCC2c3ccccc3-c3ccccc32)C1. The van der Waals surface area contributed by atoms with Crippen molar-refractivity contribution < 1.29 is 14.6 Å². The Morgan fingerprint density at radius 1 is 1.00 bits per heavy atom. The van der Waals surface area contributed by atoms with Gasteiger partial charge >= 0.3 is 6.09 Å². The number of phenolic OH excluding ortho intramolecular Hbond substituents is 1. The number of fused-ring (bicyclic) bond motifs is 4. The van der Waals surface area contributed by atoms with E-state index in [1.54, 1.807) is 11.0 Å². The molecule has 1 aliphatic carbocycles. The molecule has 29 heavy (non-hydrogen) atoms. The molecule has 0 radical (unpaired) electrons. The third-order valence-electron chi connectivity index (χ3n) is 5.99.